The molecule has 5 heteroatoms. The zero-order valence-electron chi connectivity index (χ0n) is 18.7. The molecule has 0 spiro atoms. The van der Waals surface area contributed by atoms with Gasteiger partial charge in [0.15, 0.2) is 5.75 Å². The summed E-state index contributed by atoms with van der Waals surface area (Å²) in [6.07, 6.45) is 4.01. The summed E-state index contributed by atoms with van der Waals surface area (Å²) in [7, 11) is 0. The van der Waals surface area contributed by atoms with Crippen LogP contribution < -0.4 is 10.2 Å². The average molecular weight is 446 g/mol. The third-order valence-electron chi connectivity index (χ3n) is 5.38. The van der Waals surface area contributed by atoms with Crippen molar-refractivity contribution in [3.05, 3.63) is 126 Å². The summed E-state index contributed by atoms with van der Waals surface area (Å²) < 4.78 is 0. The minimum Gasteiger partial charge on any atom is -0.357 e. The first-order chi connectivity index (χ1) is 16.7. The van der Waals surface area contributed by atoms with E-state index in [0.29, 0.717) is 17.0 Å². The van der Waals surface area contributed by atoms with Crippen LogP contribution in [-0.2, 0) is 0 Å². The molecule has 1 N–H and O–H groups in total. The Hall–Kier alpha value is -4.64. The van der Waals surface area contributed by atoms with Crippen molar-refractivity contribution in [2.24, 2.45) is 0 Å². The van der Waals surface area contributed by atoms with Gasteiger partial charge < -0.3 is 10.2 Å². The van der Waals surface area contributed by atoms with E-state index in [1.807, 2.05) is 110 Å². The molecule has 0 aliphatic rings. The monoisotopic (exact) mass is 445 g/mol. The summed E-state index contributed by atoms with van der Waals surface area (Å²) in [5.41, 5.74) is 5.04. The lowest BCUT2D eigenvalue weighted by Gasteiger charge is -2.09. The summed E-state index contributed by atoms with van der Waals surface area (Å²) in [6.45, 7) is 1.96. The van der Waals surface area contributed by atoms with Crippen LogP contribution in [0.4, 0.5) is 5.69 Å². The molecule has 1 amide bonds. The Balaban J connectivity index is 1.39. The van der Waals surface area contributed by atoms with E-state index in [9.17, 15) is 4.79 Å². The number of nitrogens with zero attached hydrogens (tertiary/aromatic N) is 2. The summed E-state index contributed by atoms with van der Waals surface area (Å²) in [5, 5.41) is 8.59. The van der Waals surface area contributed by atoms with Crippen LogP contribution in [0.15, 0.2) is 103 Å². The van der Waals surface area contributed by atoms with E-state index >= 15 is 0 Å². The van der Waals surface area contributed by atoms with Gasteiger partial charge in [0.1, 0.15) is 5.52 Å². The molecule has 5 rings (SSSR count). The summed E-state index contributed by atoms with van der Waals surface area (Å²) in [4.78, 5) is 20.2. The minimum absolute atomic E-state index is 0.168. The highest BCUT2D eigenvalue weighted by molar-refractivity contribution is 6.04. The van der Waals surface area contributed by atoms with Crippen molar-refractivity contribution in [2.75, 3.05) is 5.32 Å². The van der Waals surface area contributed by atoms with Crippen molar-refractivity contribution in [3.63, 3.8) is 0 Å². The zero-order chi connectivity index (χ0) is 23.3. The first-order valence-corrected chi connectivity index (χ1v) is 11.0. The summed E-state index contributed by atoms with van der Waals surface area (Å²) in [5.74, 6) is 0.396. The van der Waals surface area contributed by atoms with Gasteiger partial charge in [-0.3, -0.25) is 4.79 Å². The average Bonchev–Trinajstić information content (AvgIpc) is 3.21. The van der Waals surface area contributed by atoms with Crippen molar-refractivity contribution in [1.82, 2.24) is 9.94 Å². The second kappa shape index (κ2) is 9.46. The standard InChI is InChI=1S/C29H23N3O2/c1-21-9-7-12-23(19-21)29(33)30-24-13-8-14-25(20-24)34-32-28-16-6-5-15-26(28)27(31-32)18-17-22-10-3-2-4-11-22/h2-20H,1H3,(H,30,33). The fourth-order valence-electron chi connectivity index (χ4n) is 3.71. The van der Waals surface area contributed by atoms with Crippen molar-refractivity contribution in [3.8, 4) is 5.75 Å². The molecule has 34 heavy (non-hydrogen) atoms. The van der Waals surface area contributed by atoms with E-state index in [0.717, 1.165) is 27.7 Å². The smallest absolute Gasteiger partial charge is 0.255 e. The normalized spacial score (nSPS) is 11.1. The fourth-order valence-corrected chi connectivity index (χ4v) is 3.71. The van der Waals surface area contributed by atoms with Crippen LogP contribution in [0, 0.1) is 6.92 Å². The number of para-hydroxylation sites is 1. The van der Waals surface area contributed by atoms with E-state index in [-0.39, 0.29) is 5.91 Å². The molecule has 5 aromatic rings. The SMILES string of the molecule is Cc1cccc(C(=O)Nc2cccc(On3nc(C=Cc4ccccc4)c4ccccc43)c2)c1. The quantitative estimate of drug-likeness (QED) is 0.320. The van der Waals surface area contributed by atoms with E-state index in [1.165, 1.54) is 4.85 Å². The number of benzene rings is 4. The van der Waals surface area contributed by atoms with E-state index in [4.69, 9.17) is 4.84 Å². The Bertz CT molecular complexity index is 1490. The van der Waals surface area contributed by atoms with Crippen LogP contribution in [0.1, 0.15) is 27.2 Å². The highest BCUT2D eigenvalue weighted by Crippen LogP contribution is 2.24. The number of hydrogen-bond acceptors (Lipinski definition) is 3. The zero-order valence-corrected chi connectivity index (χ0v) is 18.7. The molecular weight excluding hydrogens is 422 g/mol. The van der Waals surface area contributed by atoms with Crippen LogP contribution >= 0.6 is 0 Å². The molecular formula is C29H23N3O2. The molecule has 0 atom stereocenters. The number of carbonyl (C=O) groups excluding carboxylic acids is 1. The lowest BCUT2D eigenvalue weighted by molar-refractivity contribution is 0.102. The van der Waals surface area contributed by atoms with E-state index in [1.54, 1.807) is 12.1 Å². The van der Waals surface area contributed by atoms with Crippen LogP contribution in [0.25, 0.3) is 23.1 Å². The molecule has 1 heterocycles. The van der Waals surface area contributed by atoms with Crippen LogP contribution in [-0.4, -0.2) is 15.9 Å². The lowest BCUT2D eigenvalue weighted by Crippen LogP contribution is -2.12. The maximum absolute atomic E-state index is 12.6. The second-order valence-corrected chi connectivity index (χ2v) is 7.96. The Kier molecular flexibility index (Phi) is 5.91. The molecule has 0 saturated heterocycles. The number of nitrogens with one attached hydrogen (secondary N) is 1. The fraction of sp³-hybridized carbons (Fsp3) is 0.0345. The number of aryl methyl sites for hydroxylation is 1. The number of carbonyl (C=O) groups is 1. The van der Waals surface area contributed by atoms with Crippen LogP contribution in [0.5, 0.6) is 5.75 Å². The Morgan fingerprint density at radius 3 is 2.50 bits per heavy atom. The molecule has 0 aliphatic carbocycles. The number of aromatic nitrogens is 2. The van der Waals surface area contributed by atoms with Crippen molar-refractivity contribution < 1.29 is 9.63 Å². The summed E-state index contributed by atoms with van der Waals surface area (Å²) >= 11 is 0. The summed E-state index contributed by atoms with van der Waals surface area (Å²) in [6, 6.07) is 32.8. The molecule has 5 nitrogen and oxygen atoms in total. The maximum atomic E-state index is 12.6. The predicted molar refractivity (Wildman–Crippen MR) is 137 cm³/mol. The Morgan fingerprint density at radius 1 is 0.853 bits per heavy atom. The minimum atomic E-state index is -0.168. The third-order valence-corrected chi connectivity index (χ3v) is 5.38. The van der Waals surface area contributed by atoms with E-state index < -0.39 is 0 Å². The van der Waals surface area contributed by atoms with Gasteiger partial charge in [-0.1, -0.05) is 83.2 Å². The Labute approximate surface area is 197 Å². The molecule has 1 aromatic heterocycles. The van der Waals surface area contributed by atoms with E-state index in [2.05, 4.69) is 10.4 Å². The predicted octanol–water partition coefficient (Wildman–Crippen LogP) is 6.61. The number of fused-ring (bicyclic) bond motifs is 1. The largest absolute Gasteiger partial charge is 0.357 e. The Morgan fingerprint density at radius 2 is 1.65 bits per heavy atom. The highest BCUT2D eigenvalue weighted by Gasteiger charge is 2.11. The topological polar surface area (TPSA) is 56.1 Å². The maximum Gasteiger partial charge on any atom is 0.255 e. The molecule has 0 saturated carbocycles. The highest BCUT2D eigenvalue weighted by atomic mass is 16.7. The van der Waals surface area contributed by atoms with Crippen LogP contribution in [0.2, 0.25) is 0 Å². The second-order valence-electron chi connectivity index (χ2n) is 7.96. The molecule has 4 aromatic carbocycles. The van der Waals surface area contributed by atoms with Gasteiger partial charge in [0.25, 0.3) is 5.91 Å². The molecule has 0 unspecified atom stereocenters. The molecule has 0 fully saturated rings. The molecule has 0 radical (unpaired) electrons. The van der Waals surface area contributed by atoms with Gasteiger partial charge in [0, 0.05) is 22.7 Å². The molecule has 0 aliphatic heterocycles. The van der Waals surface area contributed by atoms with Crippen LogP contribution in [0.3, 0.4) is 0 Å². The van der Waals surface area contributed by atoms with Gasteiger partial charge >= 0.3 is 0 Å². The van der Waals surface area contributed by atoms with Crippen molar-refractivity contribution in [2.45, 2.75) is 6.92 Å². The lowest BCUT2D eigenvalue weighted by atomic mass is 10.1. The van der Waals surface area contributed by atoms with Gasteiger partial charge in [0.2, 0.25) is 0 Å². The number of rotatable bonds is 6. The third kappa shape index (κ3) is 4.74. The number of anilines is 1. The van der Waals surface area contributed by atoms with Crippen molar-refractivity contribution in [1.29, 1.82) is 0 Å². The van der Waals surface area contributed by atoms with Crippen molar-refractivity contribution >= 4 is 34.6 Å². The number of hydrogen-bond donors (Lipinski definition) is 1. The number of amides is 1. The first-order valence-electron chi connectivity index (χ1n) is 11.0. The van der Waals surface area contributed by atoms with Gasteiger partial charge in [-0.2, -0.15) is 0 Å². The van der Waals surface area contributed by atoms with Gasteiger partial charge in [-0.15, -0.1) is 5.10 Å². The van der Waals surface area contributed by atoms with Gasteiger partial charge in [0.05, 0.1) is 5.69 Å². The molecule has 0 bridgehead atoms. The van der Waals surface area contributed by atoms with Gasteiger partial charge in [-0.25, -0.2) is 0 Å². The molecule has 166 valence electrons. The van der Waals surface area contributed by atoms with Gasteiger partial charge in [-0.05, 0) is 48.9 Å². The first kappa shape index (κ1) is 21.2.